The fourth-order valence-electron chi connectivity index (χ4n) is 2.91. The molecule has 2 aliphatic heterocycles. The van der Waals surface area contributed by atoms with E-state index in [2.05, 4.69) is 5.32 Å². The molecule has 11 nitrogen and oxygen atoms in total. The summed E-state index contributed by atoms with van der Waals surface area (Å²) in [5.41, 5.74) is 0. The van der Waals surface area contributed by atoms with Gasteiger partial charge in [0.05, 0.1) is 12.7 Å². The summed E-state index contributed by atoms with van der Waals surface area (Å²) in [5, 5.41) is 61.5. The third-order valence-electron chi connectivity index (χ3n) is 4.34. The predicted octanol–water partition coefficient (Wildman–Crippen LogP) is -4.23. The Bertz CT molecular complexity index is 463. The molecule has 11 heteroatoms. The van der Waals surface area contributed by atoms with E-state index in [1.54, 1.807) is 0 Å². The summed E-state index contributed by atoms with van der Waals surface area (Å²) >= 11 is 0. The maximum absolute atomic E-state index is 11.3. The molecule has 0 spiro atoms. The van der Waals surface area contributed by atoms with Crippen molar-refractivity contribution in [3.05, 3.63) is 0 Å². The molecule has 0 bridgehead atoms. The smallest absolute Gasteiger partial charge is 0.217 e. The second kappa shape index (κ2) is 8.20. The first-order valence-electron chi connectivity index (χ1n) is 7.92. The Morgan fingerprint density at radius 3 is 2.24 bits per heavy atom. The SMILES string of the molecule is CC(=O)N[C@@H]1[C@@H](O[C@@H]2O[C@H](CO)[C@H](O)[C@H](O)[C@H]2O)[C@@H](O)[C@@H](C)O[C@@H]1O. The van der Waals surface area contributed by atoms with Crippen LogP contribution in [0.1, 0.15) is 13.8 Å². The van der Waals surface area contributed by atoms with Crippen LogP contribution in [0, 0.1) is 0 Å². The number of aliphatic hydroxyl groups excluding tert-OH is 6. The van der Waals surface area contributed by atoms with Crippen molar-refractivity contribution in [2.75, 3.05) is 6.61 Å². The van der Waals surface area contributed by atoms with Crippen molar-refractivity contribution in [2.45, 2.75) is 75.2 Å². The van der Waals surface area contributed by atoms with Crippen molar-refractivity contribution in [1.82, 2.24) is 5.32 Å². The van der Waals surface area contributed by atoms with E-state index >= 15 is 0 Å². The molecular weight excluding hydrogens is 342 g/mol. The van der Waals surface area contributed by atoms with Gasteiger partial charge in [-0.05, 0) is 6.92 Å². The summed E-state index contributed by atoms with van der Waals surface area (Å²) in [5.74, 6) is -0.517. The monoisotopic (exact) mass is 367 g/mol. The highest BCUT2D eigenvalue weighted by molar-refractivity contribution is 5.73. The van der Waals surface area contributed by atoms with E-state index in [4.69, 9.17) is 14.2 Å². The summed E-state index contributed by atoms with van der Waals surface area (Å²) in [7, 11) is 0. The van der Waals surface area contributed by atoms with Crippen LogP contribution in [0.4, 0.5) is 0 Å². The molecule has 0 radical (unpaired) electrons. The number of carbonyl (C=O) groups excluding carboxylic acids is 1. The fourth-order valence-corrected chi connectivity index (χ4v) is 2.91. The van der Waals surface area contributed by atoms with Crippen molar-refractivity contribution >= 4 is 5.91 Å². The number of amides is 1. The largest absolute Gasteiger partial charge is 0.394 e. The van der Waals surface area contributed by atoms with Crippen LogP contribution >= 0.6 is 0 Å². The Hall–Kier alpha value is -0.890. The van der Waals surface area contributed by atoms with E-state index < -0.39 is 73.9 Å². The van der Waals surface area contributed by atoms with Crippen LogP contribution in [0.25, 0.3) is 0 Å². The third kappa shape index (κ3) is 4.27. The van der Waals surface area contributed by atoms with Gasteiger partial charge in [0, 0.05) is 6.92 Å². The summed E-state index contributed by atoms with van der Waals surface area (Å²) in [6, 6.07) is -1.17. The molecule has 2 heterocycles. The second-order valence-electron chi connectivity index (χ2n) is 6.25. The number of carbonyl (C=O) groups is 1. The van der Waals surface area contributed by atoms with Crippen LogP contribution in [-0.4, -0.2) is 105 Å². The molecule has 0 aliphatic carbocycles. The molecular formula is C14H25NO10. The molecule has 0 saturated carbocycles. The zero-order chi connectivity index (χ0) is 18.9. The molecule has 0 aromatic carbocycles. The van der Waals surface area contributed by atoms with Gasteiger partial charge >= 0.3 is 0 Å². The van der Waals surface area contributed by atoms with E-state index in [1.165, 1.54) is 13.8 Å². The van der Waals surface area contributed by atoms with Crippen molar-refractivity contribution in [1.29, 1.82) is 0 Å². The van der Waals surface area contributed by atoms with Crippen molar-refractivity contribution < 1.29 is 49.6 Å². The molecule has 2 fully saturated rings. The minimum Gasteiger partial charge on any atom is -0.394 e. The first-order valence-corrected chi connectivity index (χ1v) is 7.92. The number of nitrogens with one attached hydrogen (secondary N) is 1. The van der Waals surface area contributed by atoms with Crippen LogP contribution < -0.4 is 5.32 Å². The number of aliphatic hydroxyl groups is 6. The van der Waals surface area contributed by atoms with Gasteiger partial charge in [0.2, 0.25) is 5.91 Å². The Kier molecular flexibility index (Phi) is 6.70. The Morgan fingerprint density at radius 2 is 1.68 bits per heavy atom. The van der Waals surface area contributed by atoms with Gasteiger partial charge < -0.3 is 50.2 Å². The lowest BCUT2D eigenvalue weighted by atomic mass is 9.96. The molecule has 1 amide bonds. The quantitative estimate of drug-likeness (QED) is 0.257. The lowest BCUT2D eigenvalue weighted by Gasteiger charge is -2.46. The van der Waals surface area contributed by atoms with Gasteiger partial charge in [-0.3, -0.25) is 4.79 Å². The average Bonchev–Trinajstić information content (AvgIpc) is 2.55. The number of hydrogen-bond donors (Lipinski definition) is 7. The zero-order valence-electron chi connectivity index (χ0n) is 13.8. The highest BCUT2D eigenvalue weighted by Crippen LogP contribution is 2.28. The van der Waals surface area contributed by atoms with E-state index in [0.29, 0.717) is 0 Å². The van der Waals surface area contributed by atoms with Crippen molar-refractivity contribution in [2.24, 2.45) is 0 Å². The zero-order valence-corrected chi connectivity index (χ0v) is 13.8. The van der Waals surface area contributed by atoms with Gasteiger partial charge in [-0.2, -0.15) is 0 Å². The standard InChI is InChI=1S/C14H25NO10/c1-4-8(18)12(7(13(22)23-4)15-5(2)17)25-14-11(21)10(20)9(19)6(3-16)24-14/h4,6-14,16,18-22H,3H2,1-2H3,(H,15,17)/t4-,6-,7-,8+,9+,10+,11-,12-,13+,14+/m1/s1. The normalized spacial score (nSPS) is 48.2. The molecule has 2 rings (SSSR count). The molecule has 0 unspecified atom stereocenters. The van der Waals surface area contributed by atoms with Crippen LogP contribution in [0.15, 0.2) is 0 Å². The van der Waals surface area contributed by atoms with E-state index in [9.17, 15) is 35.4 Å². The van der Waals surface area contributed by atoms with Crippen LogP contribution in [0.5, 0.6) is 0 Å². The Morgan fingerprint density at radius 1 is 1.04 bits per heavy atom. The van der Waals surface area contributed by atoms with Crippen LogP contribution in [0.2, 0.25) is 0 Å². The topological polar surface area (TPSA) is 178 Å². The van der Waals surface area contributed by atoms with Gasteiger partial charge in [0.25, 0.3) is 0 Å². The minimum atomic E-state index is -1.68. The average molecular weight is 367 g/mol. The van der Waals surface area contributed by atoms with Crippen LogP contribution in [0.3, 0.4) is 0 Å². The van der Waals surface area contributed by atoms with E-state index in [1.807, 2.05) is 0 Å². The van der Waals surface area contributed by atoms with Gasteiger partial charge in [0.15, 0.2) is 12.6 Å². The number of hydrogen-bond acceptors (Lipinski definition) is 10. The first kappa shape index (κ1) is 20.4. The van der Waals surface area contributed by atoms with Gasteiger partial charge in [-0.15, -0.1) is 0 Å². The Labute approximate surface area is 143 Å². The minimum absolute atomic E-state index is 0.517. The van der Waals surface area contributed by atoms with E-state index in [0.717, 1.165) is 0 Å². The third-order valence-corrected chi connectivity index (χ3v) is 4.34. The molecule has 0 aromatic rings. The molecule has 0 aromatic heterocycles. The van der Waals surface area contributed by atoms with Gasteiger partial charge in [-0.25, -0.2) is 0 Å². The maximum atomic E-state index is 11.3. The number of rotatable bonds is 4. The lowest BCUT2D eigenvalue weighted by molar-refractivity contribution is -0.339. The molecule has 2 saturated heterocycles. The summed E-state index contributed by atoms with van der Waals surface area (Å²) in [6.45, 7) is 2.03. The van der Waals surface area contributed by atoms with Crippen molar-refractivity contribution in [3.63, 3.8) is 0 Å². The fraction of sp³-hybridized carbons (Fsp3) is 0.929. The summed E-state index contributed by atoms with van der Waals surface area (Å²) in [4.78, 5) is 11.3. The Balaban J connectivity index is 2.19. The van der Waals surface area contributed by atoms with Gasteiger partial charge in [-0.1, -0.05) is 0 Å². The first-order chi connectivity index (χ1) is 11.7. The second-order valence-corrected chi connectivity index (χ2v) is 6.25. The molecule has 7 N–H and O–H groups in total. The highest BCUT2D eigenvalue weighted by atomic mass is 16.7. The van der Waals surface area contributed by atoms with Crippen molar-refractivity contribution in [3.8, 4) is 0 Å². The molecule has 146 valence electrons. The summed E-state index contributed by atoms with van der Waals surface area (Å²) < 4.78 is 15.8. The van der Waals surface area contributed by atoms with E-state index in [-0.39, 0.29) is 0 Å². The number of ether oxygens (including phenoxy) is 3. The molecule has 25 heavy (non-hydrogen) atoms. The predicted molar refractivity (Wildman–Crippen MR) is 78.8 cm³/mol. The maximum Gasteiger partial charge on any atom is 0.217 e. The van der Waals surface area contributed by atoms with Gasteiger partial charge in [0.1, 0.15) is 42.7 Å². The highest BCUT2D eigenvalue weighted by Gasteiger charge is 2.50. The molecule has 2 aliphatic rings. The van der Waals surface area contributed by atoms with Crippen LogP contribution in [-0.2, 0) is 19.0 Å². The summed E-state index contributed by atoms with van der Waals surface area (Å²) in [6.07, 6.45) is -12.5. The molecule has 10 atom stereocenters. The lowest BCUT2D eigenvalue weighted by Crippen LogP contribution is -2.66.